The van der Waals surface area contributed by atoms with Crippen molar-refractivity contribution >= 4 is 40.1 Å². The van der Waals surface area contributed by atoms with Crippen LogP contribution in [0.3, 0.4) is 0 Å². The van der Waals surface area contributed by atoms with Crippen molar-refractivity contribution in [3.8, 4) is 5.75 Å². The minimum absolute atomic E-state index is 0.0899. The fourth-order valence-corrected chi connectivity index (χ4v) is 3.24. The van der Waals surface area contributed by atoms with Gasteiger partial charge in [0.15, 0.2) is 11.4 Å². The number of hydrogen-bond acceptors (Lipinski definition) is 6. The minimum Gasteiger partial charge on any atom is -0.497 e. The summed E-state index contributed by atoms with van der Waals surface area (Å²) in [5.74, 6) is 1.37. The van der Waals surface area contributed by atoms with Crippen LogP contribution in [0.15, 0.2) is 53.4 Å². The molecule has 0 spiro atoms. The molecule has 26 heavy (non-hydrogen) atoms. The number of thiazole rings is 1. The maximum Gasteiger partial charge on any atom is 0.348 e. The first-order valence-electron chi connectivity index (χ1n) is 8.02. The summed E-state index contributed by atoms with van der Waals surface area (Å²) in [6.07, 6.45) is 0.278. The number of amides is 1. The van der Waals surface area contributed by atoms with E-state index in [0.29, 0.717) is 5.69 Å². The molecule has 1 aromatic heterocycles. The molecule has 0 saturated carbocycles. The Morgan fingerprint density at radius 1 is 1.31 bits per heavy atom. The van der Waals surface area contributed by atoms with E-state index in [-0.39, 0.29) is 12.3 Å². The number of anilines is 2. The van der Waals surface area contributed by atoms with E-state index < -0.39 is 0 Å². The lowest BCUT2D eigenvalue weighted by Gasteiger charge is -2.06. The number of aromatic nitrogens is 1. The number of nitrogens with zero attached hydrogens (tertiary/aromatic N) is 2. The van der Waals surface area contributed by atoms with Gasteiger partial charge in [-0.2, -0.15) is 0 Å². The van der Waals surface area contributed by atoms with Crippen molar-refractivity contribution in [1.29, 1.82) is 0 Å². The first kappa shape index (κ1) is 16.3. The van der Waals surface area contributed by atoms with Gasteiger partial charge in [-0.15, -0.1) is 11.3 Å². The fourth-order valence-electron chi connectivity index (χ4n) is 2.71. The van der Waals surface area contributed by atoms with Gasteiger partial charge in [-0.3, -0.25) is 4.79 Å². The fraction of sp³-hybridized carbons (Fsp3) is 0.105. The Hall–Kier alpha value is -3.19. The number of benzene rings is 2. The summed E-state index contributed by atoms with van der Waals surface area (Å²) in [5, 5.41) is 8.09. The molecular weight excluding hydrogens is 348 g/mol. The van der Waals surface area contributed by atoms with Crippen LogP contribution >= 0.6 is 11.3 Å². The lowest BCUT2D eigenvalue weighted by Crippen LogP contribution is -2.14. The van der Waals surface area contributed by atoms with Gasteiger partial charge in [0.1, 0.15) is 5.75 Å². The zero-order valence-electron chi connectivity index (χ0n) is 14.0. The molecule has 0 atom stereocenters. The van der Waals surface area contributed by atoms with Crippen LogP contribution in [0.2, 0.25) is 0 Å². The van der Waals surface area contributed by atoms with Gasteiger partial charge in [-0.05, 0) is 34.8 Å². The quantitative estimate of drug-likeness (QED) is 0.729. The second-order valence-electron chi connectivity index (χ2n) is 5.77. The average molecular weight is 364 g/mol. The van der Waals surface area contributed by atoms with Crippen LogP contribution in [0, 0.1) is 0 Å². The molecule has 0 fully saturated rings. The minimum atomic E-state index is -0.0899. The molecule has 2 aromatic carbocycles. The Morgan fingerprint density at radius 2 is 2.23 bits per heavy atom. The van der Waals surface area contributed by atoms with Gasteiger partial charge in [0.25, 0.3) is 0 Å². The predicted molar refractivity (Wildman–Crippen MR) is 103 cm³/mol. The number of carbonyl (C=O) groups is 1. The van der Waals surface area contributed by atoms with Gasteiger partial charge in [-0.1, -0.05) is 12.1 Å². The molecule has 1 aliphatic rings. The summed E-state index contributed by atoms with van der Waals surface area (Å²) in [4.78, 5) is 21.1. The average Bonchev–Trinajstić information content (AvgIpc) is 3.30. The van der Waals surface area contributed by atoms with Crippen molar-refractivity contribution < 1.29 is 9.53 Å². The molecule has 1 amide bonds. The number of hydrogen-bond donors (Lipinski definition) is 2. The molecule has 2 heterocycles. The van der Waals surface area contributed by atoms with Crippen LogP contribution < -0.4 is 20.4 Å². The van der Waals surface area contributed by atoms with Gasteiger partial charge in [0.05, 0.1) is 19.0 Å². The highest BCUT2D eigenvalue weighted by Crippen LogP contribution is 2.29. The van der Waals surface area contributed by atoms with Crippen LogP contribution in [0.25, 0.3) is 0 Å². The Morgan fingerprint density at radius 3 is 3.04 bits per heavy atom. The van der Waals surface area contributed by atoms with Gasteiger partial charge in [0.2, 0.25) is 11.6 Å². The first-order chi connectivity index (χ1) is 12.7. The lowest BCUT2D eigenvalue weighted by molar-refractivity contribution is -0.115. The van der Waals surface area contributed by atoms with E-state index in [1.807, 2.05) is 47.8 Å². The third-order valence-corrected chi connectivity index (χ3v) is 4.53. The SMILES string of the molecule is COc1cccc(CC(=O)Nc2ccc3c(c2)[N+]=C(c2cscn2)N3)c1. The topological polar surface area (TPSA) is 77.3 Å². The third-order valence-electron chi connectivity index (χ3n) is 3.94. The molecule has 7 heteroatoms. The molecule has 0 aliphatic carbocycles. The highest BCUT2D eigenvalue weighted by Gasteiger charge is 2.27. The van der Waals surface area contributed by atoms with Crippen LogP contribution in [0.5, 0.6) is 5.75 Å². The molecular formula is C19H16N4O2S+. The van der Waals surface area contributed by atoms with E-state index in [1.165, 1.54) is 11.3 Å². The number of nitrogens with one attached hydrogen (secondary N) is 2. The third kappa shape index (κ3) is 3.43. The molecule has 1 aliphatic heterocycles. The Kier molecular flexibility index (Phi) is 4.37. The highest BCUT2D eigenvalue weighted by atomic mass is 32.1. The molecule has 0 bridgehead atoms. The zero-order chi connectivity index (χ0) is 17.9. The normalized spacial score (nSPS) is 12.1. The molecule has 0 saturated heterocycles. The van der Waals surface area contributed by atoms with Crippen molar-refractivity contribution in [3.05, 3.63) is 64.6 Å². The van der Waals surface area contributed by atoms with Crippen LogP contribution in [-0.4, -0.2) is 23.8 Å². The molecule has 4 rings (SSSR count). The van der Waals surface area contributed by atoms with E-state index in [1.54, 1.807) is 12.6 Å². The van der Waals surface area contributed by atoms with Gasteiger partial charge in [0, 0.05) is 17.1 Å². The van der Waals surface area contributed by atoms with Gasteiger partial charge < -0.3 is 10.1 Å². The number of methoxy groups -OCH3 is 1. The molecule has 2 N–H and O–H groups in total. The van der Waals surface area contributed by atoms with E-state index in [9.17, 15) is 4.79 Å². The molecule has 129 valence electrons. The van der Waals surface area contributed by atoms with Crippen molar-refractivity contribution in [1.82, 2.24) is 9.98 Å². The van der Waals surface area contributed by atoms with Crippen LogP contribution in [-0.2, 0) is 11.2 Å². The summed E-state index contributed by atoms with van der Waals surface area (Å²) in [6, 6.07) is 13.1. The van der Waals surface area contributed by atoms with E-state index in [4.69, 9.17) is 4.74 Å². The number of fused-ring (bicyclic) bond motifs is 1. The summed E-state index contributed by atoms with van der Waals surface area (Å²) < 4.78 is 5.19. The summed E-state index contributed by atoms with van der Waals surface area (Å²) in [5.41, 5.74) is 5.88. The summed E-state index contributed by atoms with van der Waals surface area (Å²) in [7, 11) is 1.61. The van der Waals surface area contributed by atoms with Gasteiger partial charge in [-0.25, -0.2) is 10.3 Å². The van der Waals surface area contributed by atoms with E-state index in [0.717, 1.165) is 34.2 Å². The van der Waals surface area contributed by atoms with E-state index >= 15 is 0 Å². The maximum atomic E-state index is 12.3. The zero-order valence-corrected chi connectivity index (χ0v) is 14.8. The van der Waals surface area contributed by atoms with Crippen molar-refractivity contribution in [2.24, 2.45) is 0 Å². The standard InChI is InChI=1S/C19H16N4O2S/c1-25-14-4-2-3-12(7-14)8-18(24)21-13-5-6-15-16(9-13)23-19(22-15)17-10-26-11-20-17/h2-7,9-11,22H,8H2,1H3,(H,21,24)/q+1. The molecule has 0 unspecified atom stereocenters. The van der Waals surface area contributed by atoms with Gasteiger partial charge >= 0.3 is 5.84 Å². The number of rotatable bonds is 5. The predicted octanol–water partition coefficient (Wildman–Crippen LogP) is 3.17. The van der Waals surface area contributed by atoms with Crippen molar-refractivity contribution in [3.63, 3.8) is 0 Å². The van der Waals surface area contributed by atoms with E-state index in [2.05, 4.69) is 20.6 Å². The number of carbonyl (C=O) groups excluding carboxylic acids is 1. The van der Waals surface area contributed by atoms with Crippen molar-refractivity contribution in [2.75, 3.05) is 17.7 Å². The molecule has 6 nitrogen and oxygen atoms in total. The smallest absolute Gasteiger partial charge is 0.348 e. The monoisotopic (exact) mass is 364 g/mol. The highest BCUT2D eigenvalue weighted by molar-refractivity contribution is 7.07. The number of aliphatic imine (C=N–C) groups is 1. The summed E-state index contributed by atoms with van der Waals surface area (Å²) in [6.45, 7) is 0. The van der Waals surface area contributed by atoms with Crippen LogP contribution in [0.4, 0.5) is 17.1 Å². The molecule has 3 aromatic rings. The first-order valence-corrected chi connectivity index (χ1v) is 8.96. The van der Waals surface area contributed by atoms with Crippen molar-refractivity contribution in [2.45, 2.75) is 6.42 Å². The second kappa shape index (κ2) is 6.97. The Bertz CT molecular complexity index is 983. The number of amidine groups is 1. The lowest BCUT2D eigenvalue weighted by atomic mass is 10.1. The number of ether oxygens (including phenoxy) is 1. The Labute approximate surface area is 154 Å². The largest absolute Gasteiger partial charge is 0.497 e. The Balaban J connectivity index is 1.46. The second-order valence-corrected chi connectivity index (χ2v) is 6.49. The van der Waals surface area contributed by atoms with Crippen LogP contribution in [0.1, 0.15) is 11.3 Å². The molecule has 1 radical (unpaired) electrons. The maximum absolute atomic E-state index is 12.3. The summed E-state index contributed by atoms with van der Waals surface area (Å²) >= 11 is 1.52.